The molecule has 3 unspecified atom stereocenters. The van der Waals surface area contributed by atoms with Crippen molar-refractivity contribution in [3.63, 3.8) is 0 Å². The van der Waals surface area contributed by atoms with Crippen LogP contribution in [0.15, 0.2) is 24.3 Å². The molecule has 20 heavy (non-hydrogen) atoms. The van der Waals surface area contributed by atoms with Gasteiger partial charge in [0.2, 0.25) is 0 Å². The lowest BCUT2D eigenvalue weighted by Crippen LogP contribution is -2.44. The summed E-state index contributed by atoms with van der Waals surface area (Å²) in [4.78, 5) is 2.47. The molecule has 4 nitrogen and oxygen atoms in total. The van der Waals surface area contributed by atoms with E-state index in [9.17, 15) is 10.2 Å². The molecule has 1 aliphatic heterocycles. The number of β-amino-alcohol motifs (C(OH)–C–C–N with tert-alkyl or cyclic N) is 2. The maximum Gasteiger partial charge on any atom is 0.103 e. The molecule has 0 spiro atoms. The van der Waals surface area contributed by atoms with Crippen molar-refractivity contribution in [1.82, 2.24) is 4.90 Å². The molecule has 0 amide bonds. The summed E-state index contributed by atoms with van der Waals surface area (Å²) >= 11 is 4.91. The Bertz CT molecular complexity index is 463. The number of hydrogen-bond donors (Lipinski definition) is 3. The second kappa shape index (κ2) is 6.63. The first kappa shape index (κ1) is 15.4. The van der Waals surface area contributed by atoms with Crippen LogP contribution in [-0.4, -0.2) is 45.8 Å². The number of piperidine rings is 1. The highest BCUT2D eigenvalue weighted by molar-refractivity contribution is 7.80. The number of nitrogens with two attached hydrogens (primary N) is 1. The van der Waals surface area contributed by atoms with E-state index in [4.69, 9.17) is 18.0 Å². The Hall–Kier alpha value is -1.01. The van der Waals surface area contributed by atoms with E-state index in [2.05, 4.69) is 11.8 Å². The standard InChI is InChI=1S/C15H22N2O2S/c1-10-6-7-17(8-13(10)18)9-14(19)11-2-4-12(5-3-11)15(16)20/h2-5,10,13-14,18-19H,6-9H2,1H3,(H2,16,20). The molecule has 1 aliphatic rings. The van der Waals surface area contributed by atoms with E-state index >= 15 is 0 Å². The van der Waals surface area contributed by atoms with Crippen molar-refractivity contribution in [2.24, 2.45) is 11.7 Å². The number of hydrogen-bond acceptors (Lipinski definition) is 4. The Kier molecular flexibility index (Phi) is 5.10. The van der Waals surface area contributed by atoms with Gasteiger partial charge in [-0.15, -0.1) is 0 Å². The lowest BCUT2D eigenvalue weighted by atomic mass is 9.95. The van der Waals surface area contributed by atoms with Crippen molar-refractivity contribution in [1.29, 1.82) is 0 Å². The zero-order valence-corrected chi connectivity index (χ0v) is 12.5. The number of benzene rings is 1. The Labute approximate surface area is 125 Å². The normalized spacial score (nSPS) is 25.4. The molecule has 2 rings (SSSR count). The number of nitrogens with zero attached hydrogens (tertiary/aromatic N) is 1. The quantitative estimate of drug-likeness (QED) is 0.724. The molecule has 0 radical (unpaired) electrons. The lowest BCUT2D eigenvalue weighted by Gasteiger charge is -2.35. The van der Waals surface area contributed by atoms with Crippen LogP contribution in [0.3, 0.4) is 0 Å². The summed E-state index contributed by atoms with van der Waals surface area (Å²) < 4.78 is 0. The minimum atomic E-state index is -0.559. The maximum absolute atomic E-state index is 10.3. The topological polar surface area (TPSA) is 69.7 Å². The number of aliphatic hydroxyl groups is 2. The molecule has 0 aromatic heterocycles. The summed E-state index contributed by atoms with van der Waals surface area (Å²) in [6.45, 7) is 4.15. The Morgan fingerprint density at radius 2 is 2.10 bits per heavy atom. The molecule has 1 fully saturated rings. The zero-order valence-electron chi connectivity index (χ0n) is 11.7. The van der Waals surface area contributed by atoms with Crippen LogP contribution in [0, 0.1) is 5.92 Å². The van der Waals surface area contributed by atoms with Gasteiger partial charge < -0.3 is 15.9 Å². The number of aliphatic hydroxyl groups excluding tert-OH is 2. The van der Waals surface area contributed by atoms with Crippen LogP contribution in [0.5, 0.6) is 0 Å². The van der Waals surface area contributed by atoms with Gasteiger partial charge in [-0.1, -0.05) is 43.4 Å². The Balaban J connectivity index is 1.94. The van der Waals surface area contributed by atoms with Crippen LogP contribution < -0.4 is 5.73 Å². The first-order chi connectivity index (χ1) is 9.47. The first-order valence-electron chi connectivity index (χ1n) is 6.95. The molecule has 1 saturated heterocycles. The molecule has 3 atom stereocenters. The van der Waals surface area contributed by atoms with Crippen LogP contribution in [0.2, 0.25) is 0 Å². The van der Waals surface area contributed by atoms with Crippen molar-refractivity contribution in [2.45, 2.75) is 25.6 Å². The third-order valence-electron chi connectivity index (χ3n) is 4.01. The van der Waals surface area contributed by atoms with E-state index in [1.165, 1.54) is 0 Å². The molecule has 0 bridgehead atoms. The minimum absolute atomic E-state index is 0.298. The fourth-order valence-electron chi connectivity index (χ4n) is 2.50. The molecular weight excluding hydrogens is 272 g/mol. The first-order valence-corrected chi connectivity index (χ1v) is 7.36. The van der Waals surface area contributed by atoms with Crippen molar-refractivity contribution in [3.8, 4) is 0 Å². The number of rotatable bonds is 4. The van der Waals surface area contributed by atoms with E-state index in [0.717, 1.165) is 24.1 Å². The van der Waals surface area contributed by atoms with E-state index in [1.807, 2.05) is 24.3 Å². The third kappa shape index (κ3) is 3.76. The largest absolute Gasteiger partial charge is 0.392 e. The summed E-state index contributed by atoms with van der Waals surface area (Å²) in [7, 11) is 0. The van der Waals surface area contributed by atoms with Crippen LogP contribution in [-0.2, 0) is 0 Å². The van der Waals surface area contributed by atoms with Crippen LogP contribution in [0.4, 0.5) is 0 Å². The average Bonchev–Trinajstić information content (AvgIpc) is 2.43. The summed E-state index contributed by atoms with van der Waals surface area (Å²) in [5.41, 5.74) is 7.20. The molecule has 0 saturated carbocycles. The van der Waals surface area contributed by atoms with Crippen molar-refractivity contribution >= 4 is 17.2 Å². The summed E-state index contributed by atoms with van der Waals surface area (Å²) in [5, 5.41) is 20.1. The van der Waals surface area contributed by atoms with Gasteiger partial charge in [-0.3, -0.25) is 4.90 Å². The monoisotopic (exact) mass is 294 g/mol. The second-order valence-corrected chi connectivity index (χ2v) is 6.03. The number of likely N-dealkylation sites (tertiary alicyclic amines) is 1. The number of thiocarbonyl (C=S) groups is 1. The molecular formula is C15H22N2O2S. The molecule has 5 heteroatoms. The van der Waals surface area contributed by atoms with Crippen LogP contribution in [0.1, 0.15) is 30.6 Å². The average molecular weight is 294 g/mol. The molecule has 1 aromatic carbocycles. The smallest absolute Gasteiger partial charge is 0.103 e. The van der Waals surface area contributed by atoms with Gasteiger partial charge in [0.05, 0.1) is 12.2 Å². The van der Waals surface area contributed by atoms with Crippen molar-refractivity contribution in [3.05, 3.63) is 35.4 Å². The SMILES string of the molecule is CC1CCN(CC(O)c2ccc(C(N)=S)cc2)CC1O. The van der Waals surface area contributed by atoms with Crippen LogP contribution >= 0.6 is 12.2 Å². The van der Waals surface area contributed by atoms with Gasteiger partial charge in [-0.2, -0.15) is 0 Å². The van der Waals surface area contributed by atoms with Crippen LogP contribution in [0.25, 0.3) is 0 Å². The predicted molar refractivity (Wildman–Crippen MR) is 83.5 cm³/mol. The van der Waals surface area contributed by atoms with Gasteiger partial charge in [-0.25, -0.2) is 0 Å². The van der Waals surface area contributed by atoms with Gasteiger partial charge in [0.1, 0.15) is 4.99 Å². The van der Waals surface area contributed by atoms with E-state index in [1.54, 1.807) is 0 Å². The highest BCUT2D eigenvalue weighted by Gasteiger charge is 2.25. The van der Waals surface area contributed by atoms with Gasteiger partial charge >= 0.3 is 0 Å². The summed E-state index contributed by atoms with van der Waals surface area (Å²) in [6.07, 6.45) is 0.109. The zero-order chi connectivity index (χ0) is 14.7. The molecule has 110 valence electrons. The third-order valence-corrected chi connectivity index (χ3v) is 4.25. The Morgan fingerprint density at radius 1 is 1.45 bits per heavy atom. The minimum Gasteiger partial charge on any atom is -0.392 e. The highest BCUT2D eigenvalue weighted by atomic mass is 32.1. The Morgan fingerprint density at radius 3 is 2.65 bits per heavy atom. The van der Waals surface area contributed by atoms with Crippen molar-refractivity contribution < 1.29 is 10.2 Å². The maximum atomic E-state index is 10.3. The summed E-state index contributed by atoms with van der Waals surface area (Å²) in [6, 6.07) is 7.35. The fourth-order valence-corrected chi connectivity index (χ4v) is 2.64. The van der Waals surface area contributed by atoms with Gasteiger partial charge in [0.15, 0.2) is 0 Å². The molecule has 0 aliphatic carbocycles. The lowest BCUT2D eigenvalue weighted by molar-refractivity contribution is 0.00859. The van der Waals surface area contributed by atoms with Gasteiger partial charge in [0.25, 0.3) is 0 Å². The highest BCUT2D eigenvalue weighted by Crippen LogP contribution is 2.21. The van der Waals surface area contributed by atoms with E-state index in [-0.39, 0.29) is 6.10 Å². The van der Waals surface area contributed by atoms with Gasteiger partial charge in [-0.05, 0) is 24.4 Å². The molecule has 1 aromatic rings. The van der Waals surface area contributed by atoms with E-state index in [0.29, 0.717) is 24.0 Å². The van der Waals surface area contributed by atoms with Crippen molar-refractivity contribution in [2.75, 3.05) is 19.6 Å². The second-order valence-electron chi connectivity index (χ2n) is 5.59. The molecule has 4 N–H and O–H groups in total. The van der Waals surface area contributed by atoms with Gasteiger partial charge in [0, 0.05) is 18.7 Å². The summed E-state index contributed by atoms with van der Waals surface area (Å²) in [5.74, 6) is 0.341. The molecule has 1 heterocycles. The fraction of sp³-hybridized carbons (Fsp3) is 0.533. The predicted octanol–water partition coefficient (Wildman–Crippen LogP) is 1.06. The van der Waals surface area contributed by atoms with E-state index < -0.39 is 6.10 Å².